The van der Waals surface area contributed by atoms with Gasteiger partial charge in [0.05, 0.1) is 5.56 Å². The minimum Gasteiger partial charge on any atom is -0.380 e. The number of halogens is 5. The number of rotatable bonds is 3. The van der Waals surface area contributed by atoms with Gasteiger partial charge in [-0.3, -0.25) is 0 Å². The molecule has 1 rings (SSSR count). The molecule has 0 saturated heterocycles. The summed E-state index contributed by atoms with van der Waals surface area (Å²) in [5.41, 5.74) is -0.0869. The predicted molar refractivity (Wildman–Crippen MR) is 65.7 cm³/mol. The summed E-state index contributed by atoms with van der Waals surface area (Å²) < 4.78 is 38.1. The van der Waals surface area contributed by atoms with Crippen molar-refractivity contribution in [2.45, 2.75) is 6.18 Å². The average molecular weight is 359 g/mol. The molecule has 88 valence electrons. The highest BCUT2D eigenvalue weighted by atomic mass is 79.9. The lowest BCUT2D eigenvalue weighted by Crippen LogP contribution is -2.06. The molecule has 1 aromatic carbocycles. The van der Waals surface area contributed by atoms with Crippen LogP contribution in [-0.2, 0) is 6.18 Å². The zero-order valence-electron chi connectivity index (χ0n) is 8.04. The van der Waals surface area contributed by atoms with Crippen molar-refractivity contribution >= 4 is 37.5 Å². The van der Waals surface area contributed by atoms with E-state index in [4.69, 9.17) is 0 Å². The molecule has 0 aliphatic heterocycles. The molecule has 0 aromatic heterocycles. The number of hydrogen-bond acceptors (Lipinski definition) is 1. The highest BCUT2D eigenvalue weighted by molar-refractivity contribution is 9.11. The highest BCUT2D eigenvalue weighted by Crippen LogP contribution is 2.33. The van der Waals surface area contributed by atoms with E-state index in [-0.39, 0.29) is 0 Å². The Balaban J connectivity index is 2.88. The molecule has 0 unspecified atom stereocenters. The molecular formula is C10H8Br2F3N. The molecule has 6 heteroatoms. The van der Waals surface area contributed by atoms with Crippen LogP contribution < -0.4 is 5.32 Å². The standard InChI is InChI=1S/C10H8Br2F3N/c1-6(11)5-16-9-3-2-7(4-8(9)12)10(13,14)15/h2-4,16H,1,5H2. The number of hydrogen-bond donors (Lipinski definition) is 1. The maximum atomic E-state index is 12.4. The first-order valence-electron chi connectivity index (χ1n) is 4.24. The Kier molecular flexibility index (Phi) is 4.43. The Hall–Kier alpha value is -0.490. The second-order valence-corrected chi connectivity index (χ2v) is 5.04. The van der Waals surface area contributed by atoms with Gasteiger partial charge >= 0.3 is 6.18 Å². The van der Waals surface area contributed by atoms with Gasteiger partial charge in [-0.1, -0.05) is 22.5 Å². The third kappa shape index (κ3) is 3.83. The summed E-state index contributed by atoms with van der Waals surface area (Å²) in [5, 5.41) is 2.93. The summed E-state index contributed by atoms with van der Waals surface area (Å²) >= 11 is 6.23. The van der Waals surface area contributed by atoms with Gasteiger partial charge in [-0.05, 0) is 34.1 Å². The van der Waals surface area contributed by atoms with Crippen molar-refractivity contribution in [2.24, 2.45) is 0 Å². The lowest BCUT2D eigenvalue weighted by atomic mass is 10.2. The second kappa shape index (κ2) is 5.23. The van der Waals surface area contributed by atoms with Crippen LogP contribution in [0.25, 0.3) is 0 Å². The lowest BCUT2D eigenvalue weighted by molar-refractivity contribution is -0.137. The second-order valence-electron chi connectivity index (χ2n) is 3.06. The van der Waals surface area contributed by atoms with E-state index >= 15 is 0 Å². The molecule has 1 N–H and O–H groups in total. The van der Waals surface area contributed by atoms with Crippen LogP contribution in [0.15, 0.2) is 33.7 Å². The molecule has 0 bridgehead atoms. The molecular weight excluding hydrogens is 351 g/mol. The van der Waals surface area contributed by atoms with Crippen LogP contribution in [0.5, 0.6) is 0 Å². The lowest BCUT2D eigenvalue weighted by Gasteiger charge is -2.11. The normalized spacial score (nSPS) is 11.3. The van der Waals surface area contributed by atoms with Crippen LogP contribution in [0.4, 0.5) is 18.9 Å². The molecule has 0 saturated carbocycles. The van der Waals surface area contributed by atoms with Crippen LogP contribution in [0.3, 0.4) is 0 Å². The minimum atomic E-state index is -4.32. The molecule has 0 radical (unpaired) electrons. The van der Waals surface area contributed by atoms with E-state index in [1.807, 2.05) is 0 Å². The molecule has 0 aliphatic carbocycles. The largest absolute Gasteiger partial charge is 0.416 e. The third-order valence-corrected chi connectivity index (χ3v) is 2.70. The fraction of sp³-hybridized carbons (Fsp3) is 0.200. The Labute approximate surface area is 108 Å². The summed E-state index contributed by atoms with van der Waals surface area (Å²) in [6.45, 7) is 4.06. The number of nitrogens with one attached hydrogen (secondary N) is 1. The van der Waals surface area contributed by atoms with Crippen molar-refractivity contribution in [1.82, 2.24) is 0 Å². The number of alkyl halides is 3. The van der Waals surface area contributed by atoms with E-state index in [0.29, 0.717) is 16.7 Å². The van der Waals surface area contributed by atoms with Crippen LogP contribution in [0.2, 0.25) is 0 Å². The highest BCUT2D eigenvalue weighted by Gasteiger charge is 2.30. The van der Waals surface area contributed by atoms with Crippen molar-refractivity contribution in [3.63, 3.8) is 0 Å². The maximum Gasteiger partial charge on any atom is 0.416 e. The summed E-state index contributed by atoms with van der Waals surface area (Å²) in [6, 6.07) is 3.45. The molecule has 0 atom stereocenters. The van der Waals surface area contributed by atoms with Gasteiger partial charge in [0.1, 0.15) is 0 Å². The van der Waals surface area contributed by atoms with E-state index in [0.717, 1.165) is 16.6 Å². The fourth-order valence-corrected chi connectivity index (χ4v) is 1.69. The van der Waals surface area contributed by atoms with Gasteiger partial charge in [0, 0.05) is 21.2 Å². The summed E-state index contributed by atoms with van der Waals surface area (Å²) in [6.07, 6.45) is -4.32. The first-order valence-corrected chi connectivity index (χ1v) is 5.83. The Bertz CT molecular complexity index is 402. The van der Waals surface area contributed by atoms with Crippen LogP contribution in [-0.4, -0.2) is 6.54 Å². The monoisotopic (exact) mass is 357 g/mol. The zero-order chi connectivity index (χ0) is 12.3. The van der Waals surface area contributed by atoms with Crippen molar-refractivity contribution in [3.05, 3.63) is 39.3 Å². The topological polar surface area (TPSA) is 12.0 Å². The summed E-state index contributed by atoms with van der Waals surface area (Å²) in [5.74, 6) is 0. The molecule has 0 amide bonds. The fourth-order valence-electron chi connectivity index (χ4n) is 1.03. The van der Waals surface area contributed by atoms with E-state index in [9.17, 15) is 13.2 Å². The van der Waals surface area contributed by atoms with Gasteiger partial charge in [0.15, 0.2) is 0 Å². The molecule has 1 nitrogen and oxygen atoms in total. The first-order chi connectivity index (χ1) is 7.30. The van der Waals surface area contributed by atoms with E-state index in [1.54, 1.807) is 0 Å². The molecule has 0 heterocycles. The molecule has 0 fully saturated rings. The zero-order valence-corrected chi connectivity index (χ0v) is 11.2. The van der Waals surface area contributed by atoms with E-state index in [1.165, 1.54) is 6.07 Å². The number of benzene rings is 1. The quantitative estimate of drug-likeness (QED) is 0.819. The summed E-state index contributed by atoms with van der Waals surface area (Å²) in [7, 11) is 0. The molecule has 0 aliphatic rings. The first kappa shape index (κ1) is 13.6. The van der Waals surface area contributed by atoms with Gasteiger partial charge in [0.25, 0.3) is 0 Å². The predicted octanol–water partition coefficient (Wildman–Crippen LogP) is 4.79. The molecule has 16 heavy (non-hydrogen) atoms. The van der Waals surface area contributed by atoms with Gasteiger partial charge in [0.2, 0.25) is 0 Å². The molecule has 0 spiro atoms. The van der Waals surface area contributed by atoms with E-state index < -0.39 is 11.7 Å². The van der Waals surface area contributed by atoms with Crippen molar-refractivity contribution in [3.8, 4) is 0 Å². The van der Waals surface area contributed by atoms with Crippen LogP contribution in [0, 0.1) is 0 Å². The van der Waals surface area contributed by atoms with Gasteiger partial charge in [-0.15, -0.1) is 0 Å². The van der Waals surface area contributed by atoms with Crippen molar-refractivity contribution in [1.29, 1.82) is 0 Å². The SMILES string of the molecule is C=C(Br)CNc1ccc(C(F)(F)F)cc1Br. The van der Waals surface area contributed by atoms with Gasteiger partial charge < -0.3 is 5.32 Å². The van der Waals surface area contributed by atoms with Gasteiger partial charge in [-0.25, -0.2) is 0 Å². The average Bonchev–Trinajstić information content (AvgIpc) is 2.14. The van der Waals surface area contributed by atoms with Crippen molar-refractivity contribution in [2.75, 3.05) is 11.9 Å². The van der Waals surface area contributed by atoms with E-state index in [2.05, 4.69) is 43.8 Å². The minimum absolute atomic E-state index is 0.371. The smallest absolute Gasteiger partial charge is 0.380 e. The Morgan fingerprint density at radius 3 is 2.44 bits per heavy atom. The van der Waals surface area contributed by atoms with Crippen molar-refractivity contribution < 1.29 is 13.2 Å². The Morgan fingerprint density at radius 1 is 1.38 bits per heavy atom. The third-order valence-electron chi connectivity index (χ3n) is 1.77. The van der Waals surface area contributed by atoms with Crippen LogP contribution in [0.1, 0.15) is 5.56 Å². The maximum absolute atomic E-state index is 12.4. The Morgan fingerprint density at radius 2 is 2.00 bits per heavy atom. The summed E-state index contributed by atoms with van der Waals surface area (Å²) in [4.78, 5) is 0. The number of anilines is 1. The van der Waals surface area contributed by atoms with Gasteiger partial charge in [-0.2, -0.15) is 13.2 Å². The van der Waals surface area contributed by atoms with Crippen LogP contribution >= 0.6 is 31.9 Å². The molecule has 1 aromatic rings.